The first-order valence-electron chi connectivity index (χ1n) is 6.96. The van der Waals surface area contributed by atoms with Gasteiger partial charge in [-0.25, -0.2) is 0 Å². The molecule has 0 aliphatic carbocycles. The molecule has 1 aromatic carbocycles. The summed E-state index contributed by atoms with van der Waals surface area (Å²) in [6.45, 7) is 3.80. The maximum Gasteiger partial charge on any atom is 0.253 e. The quantitative estimate of drug-likeness (QED) is 0.834. The number of benzene rings is 1. The summed E-state index contributed by atoms with van der Waals surface area (Å²) in [5.74, 6) is 0.432. The molecule has 1 saturated heterocycles. The van der Waals surface area contributed by atoms with E-state index in [-0.39, 0.29) is 24.2 Å². The molecule has 21 heavy (non-hydrogen) atoms. The molecular formula is C15H22ClN3O2. The Balaban J connectivity index is 0.00000220. The molecule has 0 atom stereocenters. The van der Waals surface area contributed by atoms with E-state index in [0.717, 1.165) is 25.9 Å². The number of carbonyl (C=O) groups is 2. The maximum atomic E-state index is 12.0. The zero-order valence-electron chi connectivity index (χ0n) is 12.2. The number of halogens is 1. The normalized spacial score (nSPS) is 15.2. The van der Waals surface area contributed by atoms with Crippen molar-refractivity contribution in [3.05, 3.63) is 29.8 Å². The van der Waals surface area contributed by atoms with Crippen LogP contribution in [0.15, 0.2) is 24.3 Å². The van der Waals surface area contributed by atoms with E-state index in [0.29, 0.717) is 23.7 Å². The standard InChI is InChI=1S/C15H21N3O2.ClH/c1-11(19)18-8-6-12(7-9-18)10-17-15(20)13-4-2-3-5-14(13)16;/h2-5,12H,6-10,16H2,1H3,(H,17,20);1H. The smallest absolute Gasteiger partial charge is 0.253 e. The third-order valence-corrected chi connectivity index (χ3v) is 3.82. The predicted octanol–water partition coefficient (Wildman–Crippen LogP) is 1.68. The van der Waals surface area contributed by atoms with Crippen molar-refractivity contribution in [2.24, 2.45) is 5.92 Å². The Morgan fingerprint density at radius 1 is 1.29 bits per heavy atom. The highest BCUT2D eigenvalue weighted by atomic mass is 35.5. The Morgan fingerprint density at radius 3 is 2.48 bits per heavy atom. The molecule has 2 amide bonds. The number of piperidine rings is 1. The lowest BCUT2D eigenvalue weighted by Crippen LogP contribution is -2.40. The maximum absolute atomic E-state index is 12.0. The summed E-state index contributed by atoms with van der Waals surface area (Å²) in [7, 11) is 0. The van der Waals surface area contributed by atoms with E-state index in [1.807, 2.05) is 11.0 Å². The van der Waals surface area contributed by atoms with Crippen molar-refractivity contribution in [1.82, 2.24) is 10.2 Å². The summed E-state index contributed by atoms with van der Waals surface area (Å²) < 4.78 is 0. The first kappa shape index (κ1) is 17.3. The number of hydrogen-bond acceptors (Lipinski definition) is 3. The highest BCUT2D eigenvalue weighted by molar-refractivity contribution is 5.99. The summed E-state index contributed by atoms with van der Waals surface area (Å²) in [4.78, 5) is 25.1. The van der Waals surface area contributed by atoms with Gasteiger partial charge in [0.05, 0.1) is 5.56 Å². The Labute approximate surface area is 131 Å². The van der Waals surface area contributed by atoms with Crippen LogP contribution in [0.3, 0.4) is 0 Å². The zero-order chi connectivity index (χ0) is 14.5. The Morgan fingerprint density at radius 2 is 1.90 bits per heavy atom. The van der Waals surface area contributed by atoms with Gasteiger partial charge in [0.1, 0.15) is 0 Å². The van der Waals surface area contributed by atoms with Crippen LogP contribution in [0, 0.1) is 5.92 Å². The number of nitrogens with two attached hydrogens (primary N) is 1. The molecule has 1 heterocycles. The fourth-order valence-electron chi connectivity index (χ4n) is 2.49. The van der Waals surface area contributed by atoms with Crippen LogP contribution in [0.5, 0.6) is 0 Å². The molecule has 1 fully saturated rings. The fourth-order valence-corrected chi connectivity index (χ4v) is 2.49. The van der Waals surface area contributed by atoms with Crippen LogP contribution in [0.25, 0.3) is 0 Å². The molecule has 0 radical (unpaired) electrons. The molecule has 0 aromatic heterocycles. The van der Waals surface area contributed by atoms with Crippen LogP contribution < -0.4 is 11.1 Å². The van der Waals surface area contributed by atoms with Crippen molar-refractivity contribution in [2.45, 2.75) is 19.8 Å². The zero-order valence-corrected chi connectivity index (χ0v) is 13.0. The molecule has 0 spiro atoms. The van der Waals surface area contributed by atoms with Gasteiger partial charge in [-0.1, -0.05) is 12.1 Å². The van der Waals surface area contributed by atoms with E-state index in [4.69, 9.17) is 5.73 Å². The summed E-state index contributed by atoms with van der Waals surface area (Å²) in [6, 6.07) is 7.06. The third kappa shape index (κ3) is 4.63. The molecule has 2 rings (SSSR count). The lowest BCUT2D eigenvalue weighted by molar-refractivity contribution is -0.130. The van der Waals surface area contributed by atoms with Gasteiger partial charge in [0.25, 0.3) is 5.91 Å². The number of nitrogens with one attached hydrogen (secondary N) is 1. The van der Waals surface area contributed by atoms with Crippen LogP contribution in [0.2, 0.25) is 0 Å². The molecule has 1 aromatic rings. The Bertz CT molecular complexity index is 499. The summed E-state index contributed by atoms with van der Waals surface area (Å²) in [5.41, 5.74) is 6.80. The fraction of sp³-hybridized carbons (Fsp3) is 0.467. The van der Waals surface area contributed by atoms with Gasteiger partial charge in [0.2, 0.25) is 5.91 Å². The van der Waals surface area contributed by atoms with Gasteiger partial charge >= 0.3 is 0 Å². The van der Waals surface area contributed by atoms with Crippen LogP contribution >= 0.6 is 12.4 Å². The van der Waals surface area contributed by atoms with Gasteiger partial charge in [0, 0.05) is 32.2 Å². The molecule has 3 N–H and O–H groups in total. The van der Waals surface area contributed by atoms with Gasteiger partial charge in [-0.05, 0) is 30.9 Å². The number of nitrogen functional groups attached to an aromatic ring is 1. The molecule has 1 aliphatic rings. The van der Waals surface area contributed by atoms with Crippen LogP contribution in [-0.4, -0.2) is 36.3 Å². The van der Waals surface area contributed by atoms with E-state index in [2.05, 4.69) is 5.32 Å². The lowest BCUT2D eigenvalue weighted by Gasteiger charge is -2.31. The summed E-state index contributed by atoms with van der Waals surface area (Å²) in [6.07, 6.45) is 1.87. The summed E-state index contributed by atoms with van der Waals surface area (Å²) in [5, 5.41) is 2.93. The van der Waals surface area contributed by atoms with Crippen molar-refractivity contribution in [2.75, 3.05) is 25.4 Å². The number of amides is 2. The Hall–Kier alpha value is -1.75. The molecule has 0 bridgehead atoms. The van der Waals surface area contributed by atoms with Gasteiger partial charge < -0.3 is 16.0 Å². The van der Waals surface area contributed by atoms with Crippen LogP contribution in [0.4, 0.5) is 5.69 Å². The van der Waals surface area contributed by atoms with Gasteiger partial charge in [-0.3, -0.25) is 9.59 Å². The van der Waals surface area contributed by atoms with E-state index < -0.39 is 0 Å². The molecule has 116 valence electrons. The number of nitrogens with zero attached hydrogens (tertiary/aromatic N) is 1. The highest BCUT2D eigenvalue weighted by Crippen LogP contribution is 2.17. The predicted molar refractivity (Wildman–Crippen MR) is 85.4 cm³/mol. The van der Waals surface area contributed by atoms with Gasteiger partial charge in [0.15, 0.2) is 0 Å². The van der Waals surface area contributed by atoms with Crippen molar-refractivity contribution < 1.29 is 9.59 Å². The first-order valence-corrected chi connectivity index (χ1v) is 6.96. The van der Waals surface area contributed by atoms with Crippen molar-refractivity contribution in [3.8, 4) is 0 Å². The van der Waals surface area contributed by atoms with Gasteiger partial charge in [-0.2, -0.15) is 0 Å². The van der Waals surface area contributed by atoms with E-state index in [1.165, 1.54) is 0 Å². The number of carbonyl (C=O) groups excluding carboxylic acids is 2. The topological polar surface area (TPSA) is 75.4 Å². The monoisotopic (exact) mass is 311 g/mol. The number of likely N-dealkylation sites (tertiary alicyclic amines) is 1. The van der Waals surface area contributed by atoms with Crippen LogP contribution in [0.1, 0.15) is 30.1 Å². The molecular weight excluding hydrogens is 290 g/mol. The first-order chi connectivity index (χ1) is 9.58. The van der Waals surface area contributed by atoms with Gasteiger partial charge in [-0.15, -0.1) is 12.4 Å². The lowest BCUT2D eigenvalue weighted by atomic mass is 9.96. The van der Waals surface area contributed by atoms with E-state index >= 15 is 0 Å². The summed E-state index contributed by atoms with van der Waals surface area (Å²) >= 11 is 0. The number of hydrogen-bond donors (Lipinski definition) is 2. The number of anilines is 1. The van der Waals surface area contributed by atoms with Crippen LogP contribution in [-0.2, 0) is 4.79 Å². The van der Waals surface area contributed by atoms with E-state index in [1.54, 1.807) is 25.1 Å². The average Bonchev–Trinajstić information content (AvgIpc) is 2.45. The minimum Gasteiger partial charge on any atom is -0.398 e. The SMILES string of the molecule is CC(=O)N1CCC(CNC(=O)c2ccccc2N)CC1.Cl. The van der Waals surface area contributed by atoms with Crippen molar-refractivity contribution >= 4 is 29.9 Å². The molecule has 0 unspecified atom stereocenters. The second-order valence-electron chi connectivity index (χ2n) is 5.25. The van der Waals surface area contributed by atoms with Crippen molar-refractivity contribution in [3.63, 3.8) is 0 Å². The highest BCUT2D eigenvalue weighted by Gasteiger charge is 2.21. The van der Waals surface area contributed by atoms with Crippen molar-refractivity contribution in [1.29, 1.82) is 0 Å². The van der Waals surface area contributed by atoms with E-state index in [9.17, 15) is 9.59 Å². The number of para-hydroxylation sites is 1. The second-order valence-corrected chi connectivity index (χ2v) is 5.25. The number of rotatable bonds is 3. The molecule has 0 saturated carbocycles. The molecule has 5 nitrogen and oxygen atoms in total. The second kappa shape index (κ2) is 7.88. The minimum absolute atomic E-state index is 0. The Kier molecular flexibility index (Phi) is 6.49. The molecule has 1 aliphatic heterocycles. The largest absolute Gasteiger partial charge is 0.398 e. The average molecular weight is 312 g/mol. The minimum atomic E-state index is -0.128. The third-order valence-electron chi connectivity index (χ3n) is 3.82. The molecule has 6 heteroatoms.